The van der Waals surface area contributed by atoms with Crippen molar-refractivity contribution in [3.05, 3.63) is 89.0 Å². The first-order valence-corrected chi connectivity index (χ1v) is 12.4. The fraction of sp³-hybridized carbons (Fsp3) is 0.231. The smallest absolute Gasteiger partial charge is 0.261 e. The first-order chi connectivity index (χ1) is 15.7. The number of rotatable bonds is 4. The lowest BCUT2D eigenvalue weighted by Crippen LogP contribution is -2.29. The highest BCUT2D eigenvalue weighted by molar-refractivity contribution is 7.92. The fourth-order valence-electron chi connectivity index (χ4n) is 5.01. The van der Waals surface area contributed by atoms with Crippen LogP contribution in [0.25, 0.3) is 0 Å². The summed E-state index contributed by atoms with van der Waals surface area (Å²) in [7, 11) is -3.77. The zero-order valence-corrected chi connectivity index (χ0v) is 19.2. The summed E-state index contributed by atoms with van der Waals surface area (Å²) in [6, 6.07) is 15.3. The standard InChI is InChI=1S/C26H26N2O4S/c1-15-5-3-6-16(2)25(15)28-33(31,32)18-10-12-23-22(14-18)19-7-4-8-20(19)26(27-23)21-11-9-17(29)13-24(21)30/h3-7,9-14,19-20,26-30H,8H2,1-2H3. The molecule has 0 aromatic heterocycles. The van der Waals surface area contributed by atoms with Crippen molar-refractivity contribution < 1.29 is 18.6 Å². The molecule has 1 heterocycles. The Labute approximate surface area is 193 Å². The zero-order valence-electron chi connectivity index (χ0n) is 18.4. The second kappa shape index (κ2) is 7.85. The summed E-state index contributed by atoms with van der Waals surface area (Å²) in [6.45, 7) is 3.77. The molecule has 6 nitrogen and oxygen atoms in total. The molecule has 5 rings (SSSR count). The number of sulfonamides is 1. The van der Waals surface area contributed by atoms with Crippen molar-refractivity contribution >= 4 is 21.4 Å². The van der Waals surface area contributed by atoms with Gasteiger partial charge in [-0.3, -0.25) is 4.72 Å². The molecule has 1 aliphatic carbocycles. The Morgan fingerprint density at radius 2 is 1.73 bits per heavy atom. The second-order valence-corrected chi connectivity index (χ2v) is 10.5. The first kappa shape index (κ1) is 21.4. The van der Waals surface area contributed by atoms with Crippen molar-refractivity contribution in [1.29, 1.82) is 0 Å². The third kappa shape index (κ3) is 3.72. The summed E-state index contributed by atoms with van der Waals surface area (Å²) < 4.78 is 29.2. The van der Waals surface area contributed by atoms with Gasteiger partial charge in [0.15, 0.2) is 0 Å². The van der Waals surface area contributed by atoms with Crippen molar-refractivity contribution in [3.63, 3.8) is 0 Å². The molecule has 0 saturated heterocycles. The van der Waals surface area contributed by atoms with E-state index in [0.29, 0.717) is 11.3 Å². The molecule has 3 unspecified atom stereocenters. The van der Waals surface area contributed by atoms with Crippen molar-refractivity contribution in [3.8, 4) is 11.5 Å². The molecule has 0 fully saturated rings. The molecule has 170 valence electrons. The molecule has 33 heavy (non-hydrogen) atoms. The van der Waals surface area contributed by atoms with E-state index in [1.54, 1.807) is 30.3 Å². The Hall–Kier alpha value is -3.45. The highest BCUT2D eigenvalue weighted by Gasteiger charge is 2.39. The van der Waals surface area contributed by atoms with Gasteiger partial charge >= 0.3 is 0 Å². The van der Waals surface area contributed by atoms with Crippen LogP contribution in [0.4, 0.5) is 11.4 Å². The SMILES string of the molecule is Cc1cccc(C)c1NS(=O)(=O)c1ccc2c(c1)C1C=CCC1C(c1ccc(O)cc1O)N2. The summed E-state index contributed by atoms with van der Waals surface area (Å²) in [5.74, 6) is 0.200. The van der Waals surface area contributed by atoms with Gasteiger partial charge < -0.3 is 15.5 Å². The quantitative estimate of drug-likeness (QED) is 0.392. The van der Waals surface area contributed by atoms with Crippen LogP contribution in [0.2, 0.25) is 0 Å². The Balaban J connectivity index is 1.52. The van der Waals surface area contributed by atoms with E-state index >= 15 is 0 Å². The van der Waals surface area contributed by atoms with Gasteiger partial charge in [0, 0.05) is 23.2 Å². The molecule has 0 bridgehead atoms. The fourth-order valence-corrected chi connectivity index (χ4v) is 6.25. The van der Waals surface area contributed by atoms with Gasteiger partial charge in [-0.2, -0.15) is 0 Å². The molecule has 0 radical (unpaired) electrons. The van der Waals surface area contributed by atoms with Crippen LogP contribution in [0.15, 0.2) is 71.6 Å². The van der Waals surface area contributed by atoms with E-state index in [1.165, 1.54) is 6.07 Å². The van der Waals surface area contributed by atoms with Gasteiger partial charge in [0.2, 0.25) is 0 Å². The molecule has 0 saturated carbocycles. The van der Waals surface area contributed by atoms with E-state index in [4.69, 9.17) is 0 Å². The van der Waals surface area contributed by atoms with Gasteiger partial charge in [0.1, 0.15) is 11.5 Å². The summed E-state index contributed by atoms with van der Waals surface area (Å²) in [5.41, 5.74) is 4.82. The first-order valence-electron chi connectivity index (χ1n) is 10.9. The third-order valence-electron chi connectivity index (χ3n) is 6.71. The average Bonchev–Trinajstić information content (AvgIpc) is 3.26. The monoisotopic (exact) mass is 462 g/mol. The number of phenols is 2. The molecular formula is C26H26N2O4S. The number of nitrogens with one attached hydrogen (secondary N) is 2. The number of allylic oxidation sites excluding steroid dienone is 2. The van der Waals surface area contributed by atoms with Gasteiger partial charge in [-0.25, -0.2) is 8.42 Å². The van der Waals surface area contributed by atoms with Crippen molar-refractivity contribution in [2.75, 3.05) is 10.0 Å². The minimum atomic E-state index is -3.77. The van der Waals surface area contributed by atoms with Crippen LogP contribution in [-0.2, 0) is 10.0 Å². The number of phenolic OH excluding ortho intramolecular Hbond substituents is 2. The Morgan fingerprint density at radius 3 is 2.45 bits per heavy atom. The summed E-state index contributed by atoms with van der Waals surface area (Å²) >= 11 is 0. The third-order valence-corrected chi connectivity index (χ3v) is 8.06. The van der Waals surface area contributed by atoms with Crippen LogP contribution >= 0.6 is 0 Å². The molecule has 0 amide bonds. The molecular weight excluding hydrogens is 436 g/mol. The highest BCUT2D eigenvalue weighted by Crippen LogP contribution is 2.51. The molecule has 0 spiro atoms. The molecule has 3 aromatic rings. The van der Waals surface area contributed by atoms with E-state index in [9.17, 15) is 18.6 Å². The van der Waals surface area contributed by atoms with Gasteiger partial charge in [-0.1, -0.05) is 30.4 Å². The topological polar surface area (TPSA) is 98.7 Å². The van der Waals surface area contributed by atoms with Gasteiger partial charge in [-0.15, -0.1) is 0 Å². The van der Waals surface area contributed by atoms with Crippen LogP contribution in [0.5, 0.6) is 11.5 Å². The minimum Gasteiger partial charge on any atom is -0.508 e. The lowest BCUT2D eigenvalue weighted by molar-refractivity contribution is 0.398. The maximum Gasteiger partial charge on any atom is 0.261 e. The largest absolute Gasteiger partial charge is 0.508 e. The van der Waals surface area contributed by atoms with Gasteiger partial charge in [0.05, 0.1) is 16.6 Å². The van der Waals surface area contributed by atoms with E-state index in [1.807, 2.05) is 32.0 Å². The van der Waals surface area contributed by atoms with E-state index in [-0.39, 0.29) is 34.3 Å². The second-order valence-electron chi connectivity index (χ2n) is 8.84. The number of aromatic hydroxyl groups is 2. The number of fused-ring (bicyclic) bond motifs is 3. The summed E-state index contributed by atoms with van der Waals surface area (Å²) in [5, 5.41) is 23.6. The average molecular weight is 463 g/mol. The van der Waals surface area contributed by atoms with Crippen molar-refractivity contribution in [1.82, 2.24) is 0 Å². The Bertz CT molecular complexity index is 1360. The number of hydrogen-bond donors (Lipinski definition) is 4. The van der Waals surface area contributed by atoms with E-state index in [0.717, 1.165) is 28.8 Å². The summed E-state index contributed by atoms with van der Waals surface area (Å²) in [4.78, 5) is 0.218. The highest BCUT2D eigenvalue weighted by atomic mass is 32.2. The van der Waals surface area contributed by atoms with E-state index < -0.39 is 10.0 Å². The van der Waals surface area contributed by atoms with Crippen molar-refractivity contribution in [2.24, 2.45) is 5.92 Å². The number of aryl methyl sites for hydroxylation is 2. The normalized spacial score (nSPS) is 21.2. The van der Waals surface area contributed by atoms with Crippen LogP contribution < -0.4 is 10.0 Å². The Morgan fingerprint density at radius 1 is 0.970 bits per heavy atom. The number of benzene rings is 3. The van der Waals surface area contributed by atoms with Crippen LogP contribution in [-0.4, -0.2) is 18.6 Å². The molecule has 7 heteroatoms. The van der Waals surface area contributed by atoms with E-state index in [2.05, 4.69) is 22.2 Å². The molecule has 3 aromatic carbocycles. The predicted molar refractivity (Wildman–Crippen MR) is 129 cm³/mol. The number of hydrogen-bond acceptors (Lipinski definition) is 5. The minimum absolute atomic E-state index is 0.0137. The molecule has 2 aliphatic rings. The van der Waals surface area contributed by atoms with Gasteiger partial charge in [0.25, 0.3) is 10.0 Å². The molecule has 3 atom stereocenters. The predicted octanol–water partition coefficient (Wildman–Crippen LogP) is 5.34. The summed E-state index contributed by atoms with van der Waals surface area (Å²) in [6.07, 6.45) is 5.02. The van der Waals surface area contributed by atoms with Crippen LogP contribution in [0, 0.1) is 19.8 Å². The Kier molecular flexibility index (Phi) is 5.09. The van der Waals surface area contributed by atoms with Crippen LogP contribution in [0.3, 0.4) is 0 Å². The van der Waals surface area contributed by atoms with Crippen LogP contribution in [0.1, 0.15) is 40.6 Å². The number of para-hydroxylation sites is 1. The molecule has 1 aliphatic heterocycles. The van der Waals surface area contributed by atoms with Gasteiger partial charge in [-0.05, 0) is 73.2 Å². The number of anilines is 2. The van der Waals surface area contributed by atoms with Crippen molar-refractivity contribution in [2.45, 2.75) is 37.1 Å². The molecule has 4 N–H and O–H groups in total. The zero-order chi connectivity index (χ0) is 23.3. The lowest BCUT2D eigenvalue weighted by Gasteiger charge is -2.38. The lowest BCUT2D eigenvalue weighted by atomic mass is 9.77. The maximum absolute atomic E-state index is 13.2. The maximum atomic E-state index is 13.2.